The largest absolute Gasteiger partial charge is 0.496 e. The van der Waals surface area contributed by atoms with E-state index in [1.807, 2.05) is 0 Å². The van der Waals surface area contributed by atoms with Gasteiger partial charge in [-0.15, -0.1) is 0 Å². The molecule has 1 amide bonds. The number of piperidine rings is 1. The number of benzene rings is 1. The average molecular weight is 270 g/mol. The molecular weight excluding hydrogens is 254 g/mol. The van der Waals surface area contributed by atoms with Crippen molar-refractivity contribution in [3.63, 3.8) is 0 Å². The Morgan fingerprint density at radius 3 is 2.72 bits per heavy atom. The summed E-state index contributed by atoms with van der Waals surface area (Å²) in [4.78, 5) is 14.1. The van der Waals surface area contributed by atoms with E-state index in [1.54, 1.807) is 23.1 Å². The van der Waals surface area contributed by atoms with Crippen LogP contribution >= 0.6 is 11.6 Å². The summed E-state index contributed by atoms with van der Waals surface area (Å²) in [5.41, 5.74) is 0.401. The number of ether oxygens (including phenoxy) is 1. The Bertz CT molecular complexity index is 442. The second-order valence-corrected chi connectivity index (χ2v) is 4.75. The van der Waals surface area contributed by atoms with Gasteiger partial charge in [0.2, 0.25) is 0 Å². The van der Waals surface area contributed by atoms with Crippen molar-refractivity contribution in [2.75, 3.05) is 20.2 Å². The SMILES string of the molecule is COc1cccc(Cl)c1C(=O)N1CCC(O)CC1. The van der Waals surface area contributed by atoms with Gasteiger partial charge in [0.15, 0.2) is 0 Å². The van der Waals surface area contributed by atoms with Gasteiger partial charge in [-0.3, -0.25) is 4.79 Å². The highest BCUT2D eigenvalue weighted by Gasteiger charge is 2.26. The molecule has 1 aliphatic rings. The van der Waals surface area contributed by atoms with E-state index in [2.05, 4.69) is 0 Å². The molecule has 1 aliphatic heterocycles. The predicted octanol–water partition coefficient (Wildman–Crippen LogP) is 1.95. The standard InChI is InChI=1S/C13H16ClNO3/c1-18-11-4-2-3-10(14)12(11)13(17)15-7-5-9(16)6-8-15/h2-4,9,16H,5-8H2,1H3. The van der Waals surface area contributed by atoms with Crippen LogP contribution in [0.4, 0.5) is 0 Å². The van der Waals surface area contributed by atoms with Crippen LogP contribution in [-0.4, -0.2) is 42.2 Å². The third-order valence-corrected chi connectivity index (χ3v) is 3.48. The Kier molecular flexibility index (Phi) is 4.09. The van der Waals surface area contributed by atoms with Crippen molar-refractivity contribution < 1.29 is 14.6 Å². The lowest BCUT2D eigenvalue weighted by molar-refractivity contribution is 0.0544. The summed E-state index contributed by atoms with van der Waals surface area (Å²) in [7, 11) is 1.52. The molecular formula is C13H16ClNO3. The molecule has 0 radical (unpaired) electrons. The summed E-state index contributed by atoms with van der Waals surface area (Å²) in [6, 6.07) is 5.14. The molecule has 1 fully saturated rings. The average Bonchev–Trinajstić information content (AvgIpc) is 2.38. The summed E-state index contributed by atoms with van der Waals surface area (Å²) in [5, 5.41) is 9.84. The molecule has 18 heavy (non-hydrogen) atoms. The van der Waals surface area contributed by atoms with Crippen LogP contribution in [0.25, 0.3) is 0 Å². The summed E-state index contributed by atoms with van der Waals surface area (Å²) in [5.74, 6) is 0.350. The van der Waals surface area contributed by atoms with Crippen LogP contribution in [0.15, 0.2) is 18.2 Å². The predicted molar refractivity (Wildman–Crippen MR) is 69.1 cm³/mol. The van der Waals surface area contributed by atoms with Gasteiger partial charge in [-0.2, -0.15) is 0 Å². The van der Waals surface area contributed by atoms with Gasteiger partial charge < -0.3 is 14.7 Å². The molecule has 1 aromatic carbocycles. The summed E-state index contributed by atoms with van der Waals surface area (Å²) in [6.07, 6.45) is 0.916. The van der Waals surface area contributed by atoms with Gasteiger partial charge in [0.25, 0.3) is 5.91 Å². The van der Waals surface area contributed by atoms with Crippen molar-refractivity contribution in [3.8, 4) is 5.75 Å². The number of nitrogens with zero attached hydrogens (tertiary/aromatic N) is 1. The van der Waals surface area contributed by atoms with Gasteiger partial charge in [0.1, 0.15) is 11.3 Å². The number of methoxy groups -OCH3 is 1. The Labute approximate surface area is 111 Å². The zero-order valence-electron chi connectivity index (χ0n) is 10.2. The maximum atomic E-state index is 12.4. The van der Waals surface area contributed by atoms with Crippen molar-refractivity contribution in [2.24, 2.45) is 0 Å². The Morgan fingerprint density at radius 2 is 2.11 bits per heavy atom. The number of hydrogen-bond acceptors (Lipinski definition) is 3. The third-order valence-electron chi connectivity index (χ3n) is 3.16. The van der Waals surface area contributed by atoms with E-state index in [-0.39, 0.29) is 12.0 Å². The number of amides is 1. The normalized spacial score (nSPS) is 16.7. The third kappa shape index (κ3) is 2.60. The smallest absolute Gasteiger partial charge is 0.259 e. The monoisotopic (exact) mass is 269 g/mol. The lowest BCUT2D eigenvalue weighted by Gasteiger charge is -2.30. The Hall–Kier alpha value is -1.26. The van der Waals surface area contributed by atoms with Gasteiger partial charge in [0.05, 0.1) is 18.2 Å². The highest BCUT2D eigenvalue weighted by molar-refractivity contribution is 6.34. The molecule has 1 aromatic rings. The van der Waals surface area contributed by atoms with Gasteiger partial charge in [-0.1, -0.05) is 17.7 Å². The first-order valence-electron chi connectivity index (χ1n) is 5.93. The van der Waals surface area contributed by atoms with Crippen LogP contribution in [0.2, 0.25) is 5.02 Å². The lowest BCUT2D eigenvalue weighted by atomic mass is 10.1. The quantitative estimate of drug-likeness (QED) is 0.893. The van der Waals surface area contributed by atoms with Crippen molar-refractivity contribution in [1.29, 1.82) is 0 Å². The van der Waals surface area contributed by atoms with Crippen molar-refractivity contribution in [1.82, 2.24) is 4.90 Å². The topological polar surface area (TPSA) is 49.8 Å². The fourth-order valence-electron chi connectivity index (χ4n) is 2.11. The van der Waals surface area contributed by atoms with E-state index < -0.39 is 0 Å². The molecule has 0 spiro atoms. The van der Waals surface area contributed by atoms with E-state index in [1.165, 1.54) is 7.11 Å². The van der Waals surface area contributed by atoms with Gasteiger partial charge in [0, 0.05) is 13.1 Å². The van der Waals surface area contributed by atoms with E-state index >= 15 is 0 Å². The van der Waals surface area contributed by atoms with Gasteiger partial charge in [-0.05, 0) is 25.0 Å². The molecule has 5 heteroatoms. The molecule has 0 saturated carbocycles. The molecule has 0 aromatic heterocycles. The molecule has 98 valence electrons. The molecule has 0 aliphatic carbocycles. The van der Waals surface area contributed by atoms with Gasteiger partial charge >= 0.3 is 0 Å². The minimum absolute atomic E-state index is 0.135. The maximum Gasteiger partial charge on any atom is 0.259 e. The second-order valence-electron chi connectivity index (χ2n) is 4.34. The number of carbonyl (C=O) groups excluding carboxylic acids is 1. The summed E-state index contributed by atoms with van der Waals surface area (Å²) in [6.45, 7) is 1.10. The molecule has 0 atom stereocenters. The van der Waals surface area contributed by atoms with Crippen LogP contribution in [0.3, 0.4) is 0 Å². The molecule has 4 nitrogen and oxygen atoms in total. The number of aliphatic hydroxyl groups is 1. The fourth-order valence-corrected chi connectivity index (χ4v) is 2.36. The highest BCUT2D eigenvalue weighted by Crippen LogP contribution is 2.28. The number of hydrogen-bond donors (Lipinski definition) is 1. The van der Waals surface area contributed by atoms with Crippen molar-refractivity contribution in [2.45, 2.75) is 18.9 Å². The number of likely N-dealkylation sites (tertiary alicyclic amines) is 1. The van der Waals surface area contributed by atoms with E-state index in [9.17, 15) is 9.90 Å². The van der Waals surface area contributed by atoms with Gasteiger partial charge in [-0.25, -0.2) is 0 Å². The number of rotatable bonds is 2. The van der Waals surface area contributed by atoms with Crippen LogP contribution < -0.4 is 4.74 Å². The van der Waals surface area contributed by atoms with Crippen LogP contribution in [0.1, 0.15) is 23.2 Å². The fraction of sp³-hybridized carbons (Fsp3) is 0.462. The van der Waals surface area contributed by atoms with E-state index in [0.29, 0.717) is 42.3 Å². The molecule has 0 unspecified atom stereocenters. The minimum atomic E-state index is -0.304. The molecule has 0 bridgehead atoms. The van der Waals surface area contributed by atoms with E-state index in [4.69, 9.17) is 16.3 Å². The van der Waals surface area contributed by atoms with Crippen molar-refractivity contribution >= 4 is 17.5 Å². The van der Waals surface area contributed by atoms with Crippen LogP contribution in [0, 0.1) is 0 Å². The maximum absolute atomic E-state index is 12.4. The first kappa shape index (κ1) is 13.2. The number of halogens is 1. The lowest BCUT2D eigenvalue weighted by Crippen LogP contribution is -2.40. The molecule has 2 rings (SSSR count). The first-order valence-corrected chi connectivity index (χ1v) is 6.31. The summed E-state index contributed by atoms with van der Waals surface area (Å²) >= 11 is 6.07. The zero-order chi connectivity index (χ0) is 13.1. The van der Waals surface area contributed by atoms with Crippen molar-refractivity contribution in [3.05, 3.63) is 28.8 Å². The van der Waals surface area contributed by atoms with E-state index in [0.717, 1.165) is 0 Å². The van der Waals surface area contributed by atoms with Crippen LogP contribution in [0.5, 0.6) is 5.75 Å². The number of carbonyl (C=O) groups is 1. The Balaban J connectivity index is 2.23. The first-order chi connectivity index (χ1) is 8.63. The second kappa shape index (κ2) is 5.59. The molecule has 1 N–H and O–H groups in total. The highest BCUT2D eigenvalue weighted by atomic mass is 35.5. The minimum Gasteiger partial charge on any atom is -0.496 e. The molecule has 1 heterocycles. The zero-order valence-corrected chi connectivity index (χ0v) is 11.0. The summed E-state index contributed by atoms with van der Waals surface area (Å²) < 4.78 is 5.18. The van der Waals surface area contributed by atoms with Crippen LogP contribution in [-0.2, 0) is 0 Å². The molecule has 1 saturated heterocycles. The Morgan fingerprint density at radius 1 is 1.44 bits per heavy atom. The number of aliphatic hydroxyl groups excluding tert-OH is 1.